The highest BCUT2D eigenvalue weighted by Gasteiger charge is 2.18. The van der Waals surface area contributed by atoms with Crippen LogP contribution in [-0.4, -0.2) is 18.9 Å². The largest absolute Gasteiger partial charge is 0.371 e. The van der Waals surface area contributed by atoms with E-state index in [1.54, 1.807) is 6.92 Å². The van der Waals surface area contributed by atoms with E-state index in [1.807, 2.05) is 0 Å². The number of Topliss-reactive ketones (excluding diaryl/α,β-unsaturated/α-hetero) is 1. The minimum absolute atomic E-state index is 0.239. The number of ketones is 1. The van der Waals surface area contributed by atoms with Crippen molar-refractivity contribution >= 4 is 11.5 Å². The van der Waals surface area contributed by atoms with Gasteiger partial charge in [0.05, 0.1) is 0 Å². The predicted octanol–water partition coefficient (Wildman–Crippen LogP) is 2.59. The zero-order valence-corrected chi connectivity index (χ0v) is 10.1. The standard InChI is InChI=1S/C14H19NO/c1-3-7-15-8-6-13-10-12(9-11(2)16)4-5-14(13)15/h4-5,10H,3,6-9H2,1-2H3. The maximum Gasteiger partial charge on any atom is 0.134 e. The minimum Gasteiger partial charge on any atom is -0.371 e. The lowest BCUT2D eigenvalue weighted by Crippen LogP contribution is -2.20. The minimum atomic E-state index is 0.239. The topological polar surface area (TPSA) is 20.3 Å². The van der Waals surface area contributed by atoms with E-state index in [2.05, 4.69) is 30.0 Å². The van der Waals surface area contributed by atoms with Gasteiger partial charge < -0.3 is 4.90 Å². The van der Waals surface area contributed by atoms with Crippen LogP contribution in [0.15, 0.2) is 18.2 Å². The number of hydrogen-bond donors (Lipinski definition) is 0. The first-order chi connectivity index (χ1) is 7.70. The molecule has 1 aliphatic heterocycles. The normalized spacial score (nSPS) is 14.0. The van der Waals surface area contributed by atoms with Crippen LogP contribution in [0, 0.1) is 0 Å². The number of hydrogen-bond acceptors (Lipinski definition) is 2. The fourth-order valence-corrected chi connectivity index (χ4v) is 2.42. The van der Waals surface area contributed by atoms with Crippen LogP contribution in [0.25, 0.3) is 0 Å². The van der Waals surface area contributed by atoms with Crippen molar-refractivity contribution in [2.24, 2.45) is 0 Å². The van der Waals surface area contributed by atoms with Crippen LogP contribution in [0.3, 0.4) is 0 Å². The van der Waals surface area contributed by atoms with Crippen LogP contribution in [0.2, 0.25) is 0 Å². The second-order valence-electron chi connectivity index (χ2n) is 4.58. The Labute approximate surface area is 97.3 Å². The molecule has 1 aromatic carbocycles. The van der Waals surface area contributed by atoms with Crippen LogP contribution in [0.1, 0.15) is 31.4 Å². The Balaban J connectivity index is 2.18. The lowest BCUT2D eigenvalue weighted by molar-refractivity contribution is -0.116. The number of fused-ring (bicyclic) bond motifs is 1. The molecule has 2 nitrogen and oxygen atoms in total. The van der Waals surface area contributed by atoms with Crippen molar-refractivity contribution in [2.75, 3.05) is 18.0 Å². The second kappa shape index (κ2) is 4.69. The number of anilines is 1. The molecule has 0 radical (unpaired) electrons. The highest BCUT2D eigenvalue weighted by Crippen LogP contribution is 2.28. The third-order valence-electron chi connectivity index (χ3n) is 3.08. The first kappa shape index (κ1) is 11.2. The van der Waals surface area contributed by atoms with Gasteiger partial charge in [-0.15, -0.1) is 0 Å². The molecule has 0 saturated heterocycles. The molecule has 2 rings (SSSR count). The number of carbonyl (C=O) groups is 1. The molecular formula is C14H19NO. The molecule has 16 heavy (non-hydrogen) atoms. The van der Waals surface area contributed by atoms with Crippen molar-refractivity contribution in [1.29, 1.82) is 0 Å². The lowest BCUT2D eigenvalue weighted by atomic mass is 10.0. The molecule has 0 aromatic heterocycles. The Hall–Kier alpha value is -1.31. The molecule has 0 saturated carbocycles. The summed E-state index contributed by atoms with van der Waals surface area (Å²) in [6.45, 7) is 6.13. The van der Waals surface area contributed by atoms with Gasteiger partial charge in [0.15, 0.2) is 0 Å². The SMILES string of the molecule is CCCN1CCc2cc(CC(C)=O)ccc21. The Morgan fingerprint density at radius 2 is 2.25 bits per heavy atom. The van der Waals surface area contributed by atoms with E-state index >= 15 is 0 Å². The van der Waals surface area contributed by atoms with E-state index in [0.29, 0.717) is 6.42 Å². The zero-order valence-electron chi connectivity index (χ0n) is 10.1. The average Bonchev–Trinajstić information content (AvgIpc) is 2.61. The van der Waals surface area contributed by atoms with Gasteiger partial charge in [-0.05, 0) is 37.0 Å². The van der Waals surface area contributed by atoms with E-state index in [-0.39, 0.29) is 5.78 Å². The molecule has 0 N–H and O–H groups in total. The van der Waals surface area contributed by atoms with Gasteiger partial charge in [0.1, 0.15) is 5.78 Å². The Morgan fingerprint density at radius 3 is 2.94 bits per heavy atom. The highest BCUT2D eigenvalue weighted by atomic mass is 16.1. The molecule has 0 atom stereocenters. The summed E-state index contributed by atoms with van der Waals surface area (Å²) < 4.78 is 0. The summed E-state index contributed by atoms with van der Waals surface area (Å²) in [5, 5.41) is 0. The van der Waals surface area contributed by atoms with E-state index < -0.39 is 0 Å². The van der Waals surface area contributed by atoms with E-state index in [1.165, 1.54) is 17.7 Å². The summed E-state index contributed by atoms with van der Waals surface area (Å²) in [5.41, 5.74) is 3.94. The summed E-state index contributed by atoms with van der Waals surface area (Å²) in [6.07, 6.45) is 2.89. The molecule has 1 aromatic rings. The van der Waals surface area contributed by atoms with E-state index in [4.69, 9.17) is 0 Å². The Bertz CT molecular complexity index is 398. The number of carbonyl (C=O) groups excluding carboxylic acids is 1. The van der Waals surface area contributed by atoms with Gasteiger partial charge >= 0.3 is 0 Å². The quantitative estimate of drug-likeness (QED) is 0.772. The van der Waals surface area contributed by atoms with Crippen molar-refractivity contribution in [3.8, 4) is 0 Å². The molecule has 2 heteroatoms. The smallest absolute Gasteiger partial charge is 0.134 e. The van der Waals surface area contributed by atoms with Crippen LogP contribution < -0.4 is 4.90 Å². The molecule has 1 heterocycles. The third-order valence-corrected chi connectivity index (χ3v) is 3.08. The summed E-state index contributed by atoms with van der Waals surface area (Å²) in [4.78, 5) is 13.5. The van der Waals surface area contributed by atoms with E-state index in [9.17, 15) is 4.79 Å². The van der Waals surface area contributed by atoms with Gasteiger partial charge in [0.25, 0.3) is 0 Å². The maximum absolute atomic E-state index is 11.1. The van der Waals surface area contributed by atoms with Crippen LogP contribution in [0.5, 0.6) is 0 Å². The molecule has 0 fully saturated rings. The number of rotatable bonds is 4. The fourth-order valence-electron chi connectivity index (χ4n) is 2.42. The first-order valence-corrected chi connectivity index (χ1v) is 6.07. The summed E-state index contributed by atoms with van der Waals surface area (Å²) in [7, 11) is 0. The summed E-state index contributed by atoms with van der Waals surface area (Å²) >= 11 is 0. The number of nitrogens with zero attached hydrogens (tertiary/aromatic N) is 1. The van der Waals surface area contributed by atoms with Crippen LogP contribution in [0.4, 0.5) is 5.69 Å². The molecule has 86 valence electrons. The average molecular weight is 217 g/mol. The van der Waals surface area contributed by atoms with Gasteiger partial charge in [-0.25, -0.2) is 0 Å². The first-order valence-electron chi connectivity index (χ1n) is 6.07. The number of benzene rings is 1. The van der Waals surface area contributed by atoms with Crippen molar-refractivity contribution in [2.45, 2.75) is 33.1 Å². The van der Waals surface area contributed by atoms with E-state index in [0.717, 1.165) is 25.1 Å². The Morgan fingerprint density at radius 1 is 1.44 bits per heavy atom. The molecule has 0 amide bonds. The maximum atomic E-state index is 11.1. The summed E-state index contributed by atoms with van der Waals surface area (Å²) in [6, 6.07) is 6.47. The van der Waals surface area contributed by atoms with Crippen LogP contribution >= 0.6 is 0 Å². The fraction of sp³-hybridized carbons (Fsp3) is 0.500. The second-order valence-corrected chi connectivity index (χ2v) is 4.58. The van der Waals surface area contributed by atoms with Crippen molar-refractivity contribution in [1.82, 2.24) is 0 Å². The Kier molecular flexibility index (Phi) is 3.28. The monoisotopic (exact) mass is 217 g/mol. The third kappa shape index (κ3) is 2.26. The van der Waals surface area contributed by atoms with Gasteiger partial charge in [0.2, 0.25) is 0 Å². The molecular weight excluding hydrogens is 198 g/mol. The molecule has 0 aliphatic carbocycles. The van der Waals surface area contributed by atoms with Gasteiger partial charge in [0, 0.05) is 25.2 Å². The summed E-state index contributed by atoms with van der Waals surface area (Å²) in [5.74, 6) is 0.239. The molecule has 0 bridgehead atoms. The zero-order chi connectivity index (χ0) is 11.5. The van der Waals surface area contributed by atoms with Crippen molar-refractivity contribution < 1.29 is 4.79 Å². The van der Waals surface area contributed by atoms with Crippen LogP contribution in [-0.2, 0) is 17.6 Å². The highest BCUT2D eigenvalue weighted by molar-refractivity contribution is 5.78. The van der Waals surface area contributed by atoms with Gasteiger partial charge in [-0.3, -0.25) is 4.79 Å². The van der Waals surface area contributed by atoms with Gasteiger partial charge in [-0.1, -0.05) is 19.1 Å². The van der Waals surface area contributed by atoms with Gasteiger partial charge in [-0.2, -0.15) is 0 Å². The molecule has 1 aliphatic rings. The molecule has 0 unspecified atom stereocenters. The molecule has 0 spiro atoms. The predicted molar refractivity (Wildman–Crippen MR) is 67.0 cm³/mol. The lowest BCUT2D eigenvalue weighted by Gasteiger charge is -2.18. The van der Waals surface area contributed by atoms with Crippen molar-refractivity contribution in [3.63, 3.8) is 0 Å². The van der Waals surface area contributed by atoms with Crippen molar-refractivity contribution in [3.05, 3.63) is 29.3 Å².